The molecule has 3 aromatic rings. The number of halogens is 3. The lowest BCUT2D eigenvalue weighted by molar-refractivity contribution is -0.0498. The molecule has 9 heteroatoms. The third-order valence-electron chi connectivity index (χ3n) is 4.14. The number of oxazole rings is 1. The Kier molecular flexibility index (Phi) is 9.03. The summed E-state index contributed by atoms with van der Waals surface area (Å²) in [5, 5.41) is 3.24. The summed E-state index contributed by atoms with van der Waals surface area (Å²) in [5.41, 5.74) is 2.61. The molecule has 0 spiro atoms. The van der Waals surface area contributed by atoms with E-state index in [1.54, 1.807) is 25.4 Å². The first kappa shape index (κ1) is 23.6. The van der Waals surface area contributed by atoms with Gasteiger partial charge < -0.3 is 19.4 Å². The quantitative estimate of drug-likeness (QED) is 0.272. The summed E-state index contributed by atoms with van der Waals surface area (Å²) in [6.07, 6.45) is 1.62. The largest absolute Gasteiger partial charge is 0.444 e. The van der Waals surface area contributed by atoms with Crippen molar-refractivity contribution in [2.45, 2.75) is 19.7 Å². The van der Waals surface area contributed by atoms with Gasteiger partial charge in [0.25, 0.3) is 0 Å². The summed E-state index contributed by atoms with van der Waals surface area (Å²) >= 11 is 0. The molecule has 0 bridgehead atoms. The van der Waals surface area contributed by atoms with Gasteiger partial charge in [0, 0.05) is 26.2 Å². The smallest absolute Gasteiger partial charge is 0.387 e. The van der Waals surface area contributed by atoms with Gasteiger partial charge in [-0.25, -0.2) is 4.98 Å². The third-order valence-corrected chi connectivity index (χ3v) is 4.14. The Balaban J connectivity index is 0.00000320. The second-order valence-corrected chi connectivity index (χ2v) is 6.29. The minimum atomic E-state index is -2.83. The molecule has 0 radical (unpaired) electrons. The van der Waals surface area contributed by atoms with Crippen LogP contribution in [0.3, 0.4) is 0 Å². The first-order chi connectivity index (χ1) is 14.0. The van der Waals surface area contributed by atoms with Gasteiger partial charge >= 0.3 is 6.61 Å². The normalized spacial score (nSPS) is 11.2. The summed E-state index contributed by atoms with van der Waals surface area (Å²) in [4.78, 5) is 10.7. The van der Waals surface area contributed by atoms with Crippen LogP contribution < -0.4 is 10.1 Å². The van der Waals surface area contributed by atoms with Crippen LogP contribution in [0.2, 0.25) is 0 Å². The molecule has 160 valence electrons. The standard InChI is InChI=1S/C21H22F2N4O2.HI/c1-24-21(27(2)13-15-8-10-18(11-9-15)29-20(22)23)25-12-17-14-28-19(26-17)16-6-4-3-5-7-16;/h3-11,14,20H,12-13H2,1-2H3,(H,24,25);1H. The highest BCUT2D eigenvalue weighted by atomic mass is 127. The zero-order valence-electron chi connectivity index (χ0n) is 16.6. The second kappa shape index (κ2) is 11.5. The predicted molar refractivity (Wildman–Crippen MR) is 122 cm³/mol. The van der Waals surface area contributed by atoms with Gasteiger partial charge in [0.05, 0.1) is 12.2 Å². The number of alkyl halides is 2. The molecule has 30 heavy (non-hydrogen) atoms. The maximum atomic E-state index is 12.2. The number of nitrogens with zero attached hydrogens (tertiary/aromatic N) is 3. The van der Waals surface area contributed by atoms with Gasteiger partial charge in [-0.1, -0.05) is 30.3 Å². The van der Waals surface area contributed by atoms with E-state index in [0.717, 1.165) is 16.8 Å². The van der Waals surface area contributed by atoms with Crippen molar-refractivity contribution in [2.24, 2.45) is 4.99 Å². The van der Waals surface area contributed by atoms with E-state index in [-0.39, 0.29) is 29.7 Å². The molecule has 2 aromatic carbocycles. The lowest BCUT2D eigenvalue weighted by Gasteiger charge is -2.22. The highest BCUT2D eigenvalue weighted by Gasteiger charge is 2.10. The number of ether oxygens (including phenoxy) is 1. The summed E-state index contributed by atoms with van der Waals surface area (Å²) in [6.45, 7) is -1.83. The topological polar surface area (TPSA) is 62.9 Å². The van der Waals surface area contributed by atoms with Crippen LogP contribution in [0.15, 0.2) is 70.3 Å². The van der Waals surface area contributed by atoms with Crippen molar-refractivity contribution in [1.29, 1.82) is 0 Å². The molecule has 1 aromatic heterocycles. The predicted octanol–water partition coefficient (Wildman–Crippen LogP) is 4.77. The molecule has 0 unspecified atom stereocenters. The van der Waals surface area contributed by atoms with Crippen LogP contribution in [0.25, 0.3) is 11.5 Å². The van der Waals surface area contributed by atoms with Crippen molar-refractivity contribution >= 4 is 29.9 Å². The van der Waals surface area contributed by atoms with Crippen LogP contribution in [0, 0.1) is 0 Å². The molecule has 0 saturated carbocycles. The Bertz CT molecular complexity index is 934. The Morgan fingerprint density at radius 2 is 1.87 bits per heavy atom. The molecule has 0 aliphatic rings. The molecule has 6 nitrogen and oxygen atoms in total. The Labute approximate surface area is 191 Å². The molecule has 0 amide bonds. The van der Waals surface area contributed by atoms with Gasteiger partial charge in [0.15, 0.2) is 5.96 Å². The number of benzene rings is 2. The van der Waals surface area contributed by atoms with E-state index in [2.05, 4.69) is 20.0 Å². The summed E-state index contributed by atoms with van der Waals surface area (Å²) in [5.74, 6) is 1.37. The summed E-state index contributed by atoms with van der Waals surface area (Å²) < 4.78 is 34.4. The molecule has 0 aliphatic heterocycles. The van der Waals surface area contributed by atoms with Gasteiger partial charge in [-0.3, -0.25) is 4.99 Å². The van der Waals surface area contributed by atoms with E-state index >= 15 is 0 Å². The van der Waals surface area contributed by atoms with Crippen molar-refractivity contribution in [2.75, 3.05) is 14.1 Å². The SMILES string of the molecule is CN=C(NCc1coc(-c2ccccc2)n1)N(C)Cc1ccc(OC(F)F)cc1.I. The zero-order chi connectivity index (χ0) is 20.6. The van der Waals surface area contributed by atoms with Crippen LogP contribution in [-0.2, 0) is 13.1 Å². The third kappa shape index (κ3) is 6.68. The van der Waals surface area contributed by atoms with Crippen LogP contribution in [0.4, 0.5) is 8.78 Å². The maximum Gasteiger partial charge on any atom is 0.387 e. The number of aliphatic imine (C=N–C) groups is 1. The number of nitrogens with one attached hydrogen (secondary N) is 1. The molecule has 0 saturated heterocycles. The van der Waals surface area contributed by atoms with Gasteiger partial charge in [0.2, 0.25) is 5.89 Å². The van der Waals surface area contributed by atoms with Gasteiger partial charge in [-0.05, 0) is 29.8 Å². The monoisotopic (exact) mass is 528 g/mol. The average molecular weight is 528 g/mol. The van der Waals surface area contributed by atoms with Crippen molar-refractivity contribution in [1.82, 2.24) is 15.2 Å². The van der Waals surface area contributed by atoms with Crippen molar-refractivity contribution in [3.63, 3.8) is 0 Å². The minimum Gasteiger partial charge on any atom is -0.444 e. The number of hydrogen-bond donors (Lipinski definition) is 1. The van der Waals surface area contributed by atoms with Crippen LogP contribution in [0.1, 0.15) is 11.3 Å². The van der Waals surface area contributed by atoms with Gasteiger partial charge in [-0.15, -0.1) is 24.0 Å². The molecule has 0 aliphatic carbocycles. The fourth-order valence-electron chi connectivity index (χ4n) is 2.78. The van der Waals surface area contributed by atoms with Crippen LogP contribution in [-0.4, -0.2) is 36.6 Å². The van der Waals surface area contributed by atoms with Gasteiger partial charge in [0.1, 0.15) is 12.0 Å². The summed E-state index contributed by atoms with van der Waals surface area (Å²) in [7, 11) is 3.58. The fraction of sp³-hybridized carbons (Fsp3) is 0.238. The number of guanidine groups is 1. The number of aromatic nitrogens is 1. The van der Waals surface area contributed by atoms with E-state index in [9.17, 15) is 8.78 Å². The van der Waals surface area contributed by atoms with Crippen molar-refractivity contribution in [3.8, 4) is 17.2 Å². The van der Waals surface area contributed by atoms with Gasteiger partial charge in [-0.2, -0.15) is 8.78 Å². The van der Waals surface area contributed by atoms with Crippen molar-refractivity contribution < 1.29 is 17.9 Å². The van der Waals surface area contributed by atoms with E-state index in [0.29, 0.717) is 24.9 Å². The highest BCUT2D eigenvalue weighted by Crippen LogP contribution is 2.18. The lowest BCUT2D eigenvalue weighted by atomic mass is 10.2. The zero-order valence-corrected chi connectivity index (χ0v) is 18.9. The lowest BCUT2D eigenvalue weighted by Crippen LogP contribution is -2.38. The molecule has 3 rings (SSSR count). The maximum absolute atomic E-state index is 12.2. The molecule has 1 N–H and O–H groups in total. The van der Waals surface area contributed by atoms with E-state index < -0.39 is 6.61 Å². The first-order valence-electron chi connectivity index (χ1n) is 9.00. The van der Waals surface area contributed by atoms with Crippen LogP contribution in [0.5, 0.6) is 5.75 Å². The van der Waals surface area contributed by atoms with E-state index in [1.165, 1.54) is 12.1 Å². The Morgan fingerprint density at radius 3 is 2.50 bits per heavy atom. The van der Waals surface area contributed by atoms with Crippen molar-refractivity contribution in [3.05, 3.63) is 72.1 Å². The van der Waals surface area contributed by atoms with E-state index in [4.69, 9.17) is 4.42 Å². The second-order valence-electron chi connectivity index (χ2n) is 6.29. The van der Waals surface area contributed by atoms with Crippen LogP contribution >= 0.6 is 24.0 Å². The molecule has 1 heterocycles. The summed E-state index contributed by atoms with van der Waals surface area (Å²) in [6, 6.07) is 16.2. The molecule has 0 atom stereocenters. The molecular weight excluding hydrogens is 505 g/mol. The first-order valence-corrected chi connectivity index (χ1v) is 9.00. The Morgan fingerprint density at radius 1 is 1.17 bits per heavy atom. The fourth-order valence-corrected chi connectivity index (χ4v) is 2.78. The Hall–Kier alpha value is -2.69. The molecule has 0 fully saturated rings. The average Bonchev–Trinajstić information content (AvgIpc) is 3.19. The highest BCUT2D eigenvalue weighted by molar-refractivity contribution is 14.0. The number of rotatable bonds is 7. The minimum absolute atomic E-state index is 0. The molecular formula is C21H23F2IN4O2. The van der Waals surface area contributed by atoms with E-state index in [1.807, 2.05) is 42.3 Å². The number of hydrogen-bond acceptors (Lipinski definition) is 4.